The summed E-state index contributed by atoms with van der Waals surface area (Å²) in [5.74, 6) is -0.327. The number of rotatable bonds is 7. The third-order valence-electron chi connectivity index (χ3n) is 6.12. The van der Waals surface area contributed by atoms with E-state index < -0.39 is 11.9 Å². The highest BCUT2D eigenvalue weighted by Gasteiger charge is 2.23. The maximum absolute atomic E-state index is 13.5. The number of aromatic amines is 1. The summed E-state index contributed by atoms with van der Waals surface area (Å²) in [7, 11) is 1.54. The predicted molar refractivity (Wildman–Crippen MR) is 174 cm³/mol. The van der Waals surface area contributed by atoms with Crippen molar-refractivity contribution in [3.63, 3.8) is 0 Å². The van der Waals surface area contributed by atoms with Gasteiger partial charge in [0.05, 0.1) is 33.9 Å². The first kappa shape index (κ1) is 30.1. The Morgan fingerprint density at radius 2 is 1.69 bits per heavy atom. The number of nitrogens with zero attached hydrogens (tertiary/aromatic N) is 1. The highest BCUT2D eigenvalue weighted by Crippen LogP contribution is 2.40. The van der Waals surface area contributed by atoms with Crippen LogP contribution in [0.5, 0.6) is 11.5 Å². The van der Waals surface area contributed by atoms with Crippen molar-refractivity contribution >= 4 is 95.7 Å². The molecule has 0 unspecified atom stereocenters. The first-order valence-electron chi connectivity index (χ1n) is 12.1. The van der Waals surface area contributed by atoms with Crippen LogP contribution >= 0.6 is 66.7 Å². The van der Waals surface area contributed by atoms with Crippen molar-refractivity contribution in [3.05, 3.63) is 114 Å². The number of fused-ring (bicyclic) bond motifs is 1. The van der Waals surface area contributed by atoms with Gasteiger partial charge in [-0.1, -0.05) is 68.9 Å². The first-order chi connectivity index (χ1) is 20.2. The quantitative estimate of drug-likeness (QED) is 0.0751. The van der Waals surface area contributed by atoms with Gasteiger partial charge in [-0.3, -0.25) is 4.79 Å². The second-order valence-corrected chi connectivity index (χ2v) is 11.8. The van der Waals surface area contributed by atoms with Gasteiger partial charge in [-0.05, 0) is 70.5 Å². The van der Waals surface area contributed by atoms with Crippen LogP contribution in [0.3, 0.4) is 0 Å². The van der Waals surface area contributed by atoms with Gasteiger partial charge in [-0.15, -0.1) is 0 Å². The summed E-state index contributed by atoms with van der Waals surface area (Å²) in [5, 5.41) is 5.96. The standard InChI is InChI=1S/C30H18Br2Cl3N3O4/c1-41-19-8-6-15(7-9-19)30(40)42-28-16(10-17(31)11-22(28)32)14-36-38-29(39)27-25(20-4-2-3-5-23(20)34)21-12-18(33)13-24(35)26(21)37-27/h2-14,37H,1H3,(H,38,39). The minimum Gasteiger partial charge on any atom is -0.497 e. The number of carbonyl (C=O) groups excluding carboxylic acids is 2. The Hall–Kier alpha value is -3.34. The van der Waals surface area contributed by atoms with Crippen molar-refractivity contribution in [1.29, 1.82) is 0 Å². The molecule has 0 aliphatic heterocycles. The van der Waals surface area contributed by atoms with Gasteiger partial charge in [0, 0.05) is 36.6 Å². The van der Waals surface area contributed by atoms with Crippen LogP contribution in [0.1, 0.15) is 26.4 Å². The van der Waals surface area contributed by atoms with Gasteiger partial charge >= 0.3 is 5.97 Å². The number of hydrogen-bond acceptors (Lipinski definition) is 5. The fraction of sp³-hybridized carbons (Fsp3) is 0.0333. The average Bonchev–Trinajstić information content (AvgIpc) is 3.34. The van der Waals surface area contributed by atoms with Gasteiger partial charge in [-0.25, -0.2) is 10.2 Å². The molecule has 1 aromatic heterocycles. The number of methoxy groups -OCH3 is 1. The summed E-state index contributed by atoms with van der Waals surface area (Å²) in [6.45, 7) is 0. The number of benzene rings is 4. The molecular formula is C30H18Br2Cl3N3O4. The SMILES string of the molecule is COc1ccc(C(=O)Oc2c(Br)cc(Br)cc2C=NNC(=O)c2[nH]c3c(Cl)cc(Cl)cc3c2-c2ccccc2Cl)cc1. The van der Waals surface area contributed by atoms with Crippen LogP contribution in [0.2, 0.25) is 15.1 Å². The molecule has 42 heavy (non-hydrogen) atoms. The topological polar surface area (TPSA) is 92.8 Å². The lowest BCUT2D eigenvalue weighted by Crippen LogP contribution is -2.19. The number of esters is 1. The number of nitrogens with one attached hydrogen (secondary N) is 2. The molecule has 1 heterocycles. The Kier molecular flexibility index (Phi) is 9.25. The lowest BCUT2D eigenvalue weighted by Gasteiger charge is -2.11. The van der Waals surface area contributed by atoms with Crippen LogP contribution in [0.25, 0.3) is 22.0 Å². The highest BCUT2D eigenvalue weighted by atomic mass is 79.9. The number of amides is 1. The highest BCUT2D eigenvalue weighted by molar-refractivity contribution is 9.11. The van der Waals surface area contributed by atoms with E-state index in [1.54, 1.807) is 66.7 Å². The summed E-state index contributed by atoms with van der Waals surface area (Å²) in [6.07, 6.45) is 1.37. The van der Waals surface area contributed by atoms with Crippen molar-refractivity contribution < 1.29 is 19.1 Å². The largest absolute Gasteiger partial charge is 0.497 e. The monoisotopic (exact) mass is 747 g/mol. The molecular weight excluding hydrogens is 733 g/mol. The normalized spacial score (nSPS) is 11.2. The van der Waals surface area contributed by atoms with E-state index in [1.807, 2.05) is 6.07 Å². The van der Waals surface area contributed by atoms with E-state index in [4.69, 9.17) is 44.3 Å². The Balaban J connectivity index is 1.46. The number of halogens is 5. The maximum atomic E-state index is 13.5. The molecule has 5 aromatic rings. The van der Waals surface area contributed by atoms with E-state index in [0.29, 0.717) is 62.9 Å². The molecule has 4 aromatic carbocycles. The summed E-state index contributed by atoms with van der Waals surface area (Å²) >= 11 is 26.1. The summed E-state index contributed by atoms with van der Waals surface area (Å²) < 4.78 is 12.0. The Labute approximate surface area is 272 Å². The number of aromatic nitrogens is 1. The molecule has 7 nitrogen and oxygen atoms in total. The molecule has 0 aliphatic rings. The molecule has 12 heteroatoms. The van der Waals surface area contributed by atoms with Crippen LogP contribution < -0.4 is 14.9 Å². The van der Waals surface area contributed by atoms with Crippen LogP contribution in [-0.4, -0.2) is 30.2 Å². The molecule has 0 saturated heterocycles. The van der Waals surface area contributed by atoms with Crippen molar-refractivity contribution in [3.8, 4) is 22.6 Å². The van der Waals surface area contributed by atoms with E-state index in [1.165, 1.54) is 13.3 Å². The van der Waals surface area contributed by atoms with Crippen LogP contribution in [0.15, 0.2) is 86.8 Å². The number of hydrazone groups is 1. The van der Waals surface area contributed by atoms with E-state index in [9.17, 15) is 9.59 Å². The molecule has 0 saturated carbocycles. The van der Waals surface area contributed by atoms with Gasteiger partial charge in [-0.2, -0.15) is 5.10 Å². The Bertz CT molecular complexity index is 1870. The summed E-state index contributed by atoms with van der Waals surface area (Å²) in [4.78, 5) is 29.4. The lowest BCUT2D eigenvalue weighted by atomic mass is 10.0. The predicted octanol–water partition coefficient (Wildman–Crippen LogP) is 9.31. The Morgan fingerprint density at radius 3 is 2.40 bits per heavy atom. The number of ether oxygens (including phenoxy) is 2. The molecule has 0 radical (unpaired) electrons. The second kappa shape index (κ2) is 12.9. The molecule has 2 N–H and O–H groups in total. The zero-order chi connectivity index (χ0) is 30.0. The molecule has 0 atom stereocenters. The zero-order valence-corrected chi connectivity index (χ0v) is 26.9. The number of carbonyl (C=O) groups is 2. The number of H-pyrrole nitrogens is 1. The van der Waals surface area contributed by atoms with Crippen molar-refractivity contribution in [2.45, 2.75) is 0 Å². The molecule has 212 valence electrons. The average molecular weight is 751 g/mol. The smallest absolute Gasteiger partial charge is 0.343 e. The van der Waals surface area contributed by atoms with E-state index in [2.05, 4.69) is 47.4 Å². The van der Waals surface area contributed by atoms with Gasteiger partial charge in [0.15, 0.2) is 5.75 Å². The fourth-order valence-electron chi connectivity index (χ4n) is 4.21. The van der Waals surface area contributed by atoms with Gasteiger partial charge < -0.3 is 14.5 Å². The number of hydrogen-bond donors (Lipinski definition) is 2. The third-order valence-corrected chi connectivity index (χ3v) is 8.01. The Morgan fingerprint density at radius 1 is 0.952 bits per heavy atom. The van der Waals surface area contributed by atoms with Crippen LogP contribution in [0, 0.1) is 0 Å². The maximum Gasteiger partial charge on any atom is 0.343 e. The lowest BCUT2D eigenvalue weighted by molar-refractivity contribution is 0.0732. The van der Waals surface area contributed by atoms with Gasteiger partial charge in [0.25, 0.3) is 5.91 Å². The molecule has 0 bridgehead atoms. The van der Waals surface area contributed by atoms with Crippen molar-refractivity contribution in [1.82, 2.24) is 10.4 Å². The minimum atomic E-state index is -0.586. The van der Waals surface area contributed by atoms with E-state index in [-0.39, 0.29) is 11.4 Å². The molecule has 0 aliphatic carbocycles. The molecule has 0 spiro atoms. The van der Waals surface area contributed by atoms with Crippen LogP contribution in [0.4, 0.5) is 0 Å². The zero-order valence-electron chi connectivity index (χ0n) is 21.5. The third kappa shape index (κ3) is 6.35. The second-order valence-electron chi connectivity index (χ2n) is 8.79. The summed E-state index contributed by atoms with van der Waals surface area (Å²) in [5.41, 5.74) is 5.11. The first-order valence-corrected chi connectivity index (χ1v) is 14.8. The van der Waals surface area contributed by atoms with Crippen LogP contribution in [-0.2, 0) is 0 Å². The van der Waals surface area contributed by atoms with Crippen molar-refractivity contribution in [2.24, 2.45) is 5.10 Å². The minimum absolute atomic E-state index is 0.181. The fourth-order valence-corrected chi connectivity index (χ4v) is 6.32. The van der Waals surface area contributed by atoms with E-state index >= 15 is 0 Å². The molecule has 0 fully saturated rings. The summed E-state index contributed by atoms with van der Waals surface area (Å²) in [6, 6.07) is 20.3. The molecule has 5 rings (SSSR count). The van der Waals surface area contributed by atoms with Gasteiger partial charge in [0.1, 0.15) is 11.4 Å². The molecule has 1 amide bonds. The van der Waals surface area contributed by atoms with Crippen molar-refractivity contribution in [2.75, 3.05) is 7.11 Å². The van der Waals surface area contributed by atoms with E-state index in [0.717, 1.165) is 0 Å². The van der Waals surface area contributed by atoms with Gasteiger partial charge in [0.2, 0.25) is 0 Å².